The number of cyclic esters (lactones) is 1. The topological polar surface area (TPSA) is 104 Å². The first kappa shape index (κ1) is 21.8. The SMILES string of the molecule is NC(=O)O[C@H](C1CC(Cc2ccccc2)NC(=O)O1)C(Cc1cncs1)c1ccccc1. The first-order valence-electron chi connectivity index (χ1n) is 10.5. The van der Waals surface area contributed by atoms with Gasteiger partial charge in [-0.2, -0.15) is 0 Å². The van der Waals surface area contributed by atoms with Crippen LogP contribution in [0.2, 0.25) is 0 Å². The predicted octanol–water partition coefficient (Wildman–Crippen LogP) is 4.04. The minimum atomic E-state index is -0.894. The van der Waals surface area contributed by atoms with E-state index in [0.717, 1.165) is 16.0 Å². The Morgan fingerprint density at radius 2 is 1.91 bits per heavy atom. The Morgan fingerprint density at radius 3 is 2.56 bits per heavy atom. The summed E-state index contributed by atoms with van der Waals surface area (Å²) in [7, 11) is 0. The van der Waals surface area contributed by atoms with E-state index >= 15 is 0 Å². The van der Waals surface area contributed by atoms with Gasteiger partial charge in [-0.3, -0.25) is 4.98 Å². The van der Waals surface area contributed by atoms with Crippen LogP contribution in [0.4, 0.5) is 9.59 Å². The number of rotatable bonds is 8. The number of amides is 2. The van der Waals surface area contributed by atoms with Crippen LogP contribution in [0.15, 0.2) is 72.4 Å². The third-order valence-electron chi connectivity index (χ3n) is 5.57. The molecule has 3 N–H and O–H groups in total. The number of primary amides is 1. The summed E-state index contributed by atoms with van der Waals surface area (Å²) in [5.41, 5.74) is 9.30. The molecule has 1 aromatic heterocycles. The molecule has 7 nitrogen and oxygen atoms in total. The highest BCUT2D eigenvalue weighted by atomic mass is 32.1. The highest BCUT2D eigenvalue weighted by molar-refractivity contribution is 7.09. The van der Waals surface area contributed by atoms with Crippen molar-refractivity contribution in [2.75, 3.05) is 0 Å². The van der Waals surface area contributed by atoms with E-state index in [0.29, 0.717) is 19.3 Å². The maximum absolute atomic E-state index is 12.4. The number of nitrogens with zero attached hydrogens (tertiary/aromatic N) is 1. The number of hydrogen-bond donors (Lipinski definition) is 2. The van der Waals surface area contributed by atoms with Gasteiger partial charge >= 0.3 is 12.2 Å². The van der Waals surface area contributed by atoms with Crippen molar-refractivity contribution >= 4 is 23.5 Å². The average molecular weight is 452 g/mol. The number of nitrogens with one attached hydrogen (secondary N) is 1. The van der Waals surface area contributed by atoms with E-state index in [-0.39, 0.29) is 12.0 Å². The van der Waals surface area contributed by atoms with Crippen LogP contribution in [-0.4, -0.2) is 35.4 Å². The molecule has 2 heterocycles. The first-order chi connectivity index (χ1) is 15.6. The van der Waals surface area contributed by atoms with Gasteiger partial charge in [-0.1, -0.05) is 60.7 Å². The molecule has 0 aliphatic carbocycles. The molecule has 3 aromatic rings. The quantitative estimate of drug-likeness (QED) is 0.538. The molecule has 0 bridgehead atoms. The average Bonchev–Trinajstić information content (AvgIpc) is 3.30. The molecular formula is C24H25N3O4S. The van der Waals surface area contributed by atoms with Crippen LogP contribution in [0.3, 0.4) is 0 Å². The third kappa shape index (κ3) is 5.64. The Hall–Kier alpha value is -3.39. The molecule has 0 spiro atoms. The second-order valence-electron chi connectivity index (χ2n) is 7.80. The summed E-state index contributed by atoms with van der Waals surface area (Å²) in [6.07, 6.45) is 0.737. The summed E-state index contributed by atoms with van der Waals surface area (Å²) < 4.78 is 11.3. The van der Waals surface area contributed by atoms with Crippen molar-refractivity contribution in [1.29, 1.82) is 0 Å². The van der Waals surface area contributed by atoms with Gasteiger partial charge in [-0.05, 0) is 24.0 Å². The van der Waals surface area contributed by atoms with Crippen LogP contribution in [0.5, 0.6) is 0 Å². The van der Waals surface area contributed by atoms with Crippen LogP contribution in [0.25, 0.3) is 0 Å². The molecule has 0 radical (unpaired) electrons. The minimum absolute atomic E-state index is 0.151. The van der Waals surface area contributed by atoms with Crippen molar-refractivity contribution in [3.8, 4) is 0 Å². The maximum atomic E-state index is 12.4. The lowest BCUT2D eigenvalue weighted by atomic mass is 9.84. The number of hydrogen-bond acceptors (Lipinski definition) is 6. The molecule has 1 fully saturated rings. The van der Waals surface area contributed by atoms with Crippen LogP contribution in [0, 0.1) is 0 Å². The zero-order valence-electron chi connectivity index (χ0n) is 17.4. The molecule has 3 unspecified atom stereocenters. The molecule has 1 saturated heterocycles. The number of aromatic nitrogens is 1. The molecule has 0 saturated carbocycles. The summed E-state index contributed by atoms with van der Waals surface area (Å²) in [4.78, 5) is 29.5. The Morgan fingerprint density at radius 1 is 1.19 bits per heavy atom. The molecule has 4 atom stereocenters. The molecule has 1 aliphatic rings. The number of carbonyl (C=O) groups excluding carboxylic acids is 2. The fourth-order valence-corrected chi connectivity index (χ4v) is 4.85. The molecule has 32 heavy (non-hydrogen) atoms. The van der Waals surface area contributed by atoms with Crippen molar-refractivity contribution in [3.63, 3.8) is 0 Å². The number of alkyl carbamates (subject to hydrolysis) is 1. The van der Waals surface area contributed by atoms with Gasteiger partial charge in [0.25, 0.3) is 0 Å². The zero-order chi connectivity index (χ0) is 22.3. The monoisotopic (exact) mass is 451 g/mol. The van der Waals surface area contributed by atoms with Crippen molar-refractivity contribution in [1.82, 2.24) is 10.3 Å². The van der Waals surface area contributed by atoms with E-state index in [9.17, 15) is 9.59 Å². The summed E-state index contributed by atoms with van der Waals surface area (Å²) >= 11 is 1.53. The van der Waals surface area contributed by atoms with Gasteiger partial charge in [0.2, 0.25) is 0 Å². The maximum Gasteiger partial charge on any atom is 0.407 e. The Bertz CT molecular complexity index is 1010. The van der Waals surface area contributed by atoms with Crippen LogP contribution in [0.1, 0.15) is 28.3 Å². The van der Waals surface area contributed by atoms with Crippen molar-refractivity contribution in [2.45, 2.75) is 43.4 Å². The standard InChI is InChI=1S/C24H25N3O4S/c25-23(28)31-22(20(13-19-14-26-15-32-19)17-9-5-2-6-10-17)21-12-18(27-24(29)30-21)11-16-7-3-1-4-8-16/h1-10,14-15,18,20-22H,11-13H2,(H2,25,28)(H,27,29)/t18?,20?,21?,22-/m0/s1. The second kappa shape index (κ2) is 10.3. The van der Waals surface area contributed by atoms with Gasteiger partial charge in [0, 0.05) is 29.5 Å². The van der Waals surface area contributed by atoms with Crippen molar-refractivity contribution in [3.05, 3.63) is 88.4 Å². The number of nitrogens with two attached hydrogens (primary N) is 1. The molecule has 2 amide bonds. The van der Waals surface area contributed by atoms with Gasteiger partial charge in [0.05, 0.1) is 5.51 Å². The van der Waals surface area contributed by atoms with E-state index in [2.05, 4.69) is 10.3 Å². The number of ether oxygens (including phenoxy) is 2. The van der Waals surface area contributed by atoms with E-state index in [1.54, 1.807) is 11.7 Å². The van der Waals surface area contributed by atoms with Crippen molar-refractivity contribution in [2.24, 2.45) is 5.73 Å². The fraction of sp³-hybridized carbons (Fsp3) is 0.292. The Balaban J connectivity index is 1.62. The lowest BCUT2D eigenvalue weighted by molar-refractivity contribution is -0.0402. The highest BCUT2D eigenvalue weighted by Crippen LogP contribution is 2.33. The van der Waals surface area contributed by atoms with Gasteiger partial charge in [-0.25, -0.2) is 9.59 Å². The number of benzene rings is 2. The third-order valence-corrected chi connectivity index (χ3v) is 6.37. The van der Waals surface area contributed by atoms with Gasteiger partial charge < -0.3 is 20.5 Å². The molecule has 8 heteroatoms. The van der Waals surface area contributed by atoms with Gasteiger partial charge in [0.1, 0.15) is 12.2 Å². The second-order valence-corrected chi connectivity index (χ2v) is 8.77. The summed E-state index contributed by atoms with van der Waals surface area (Å²) in [6.45, 7) is 0. The lowest BCUT2D eigenvalue weighted by Gasteiger charge is -2.37. The number of carbonyl (C=O) groups is 2. The first-order valence-corrected chi connectivity index (χ1v) is 11.4. The van der Waals surface area contributed by atoms with E-state index in [1.807, 2.05) is 60.7 Å². The predicted molar refractivity (Wildman–Crippen MR) is 121 cm³/mol. The molecular weight excluding hydrogens is 426 g/mol. The minimum Gasteiger partial charge on any atom is -0.442 e. The molecule has 2 aromatic carbocycles. The fourth-order valence-electron chi connectivity index (χ4n) is 4.19. The normalized spacial score (nSPS) is 19.9. The van der Waals surface area contributed by atoms with Crippen molar-refractivity contribution < 1.29 is 19.1 Å². The van der Waals surface area contributed by atoms with Crippen LogP contribution in [-0.2, 0) is 22.3 Å². The molecule has 1 aliphatic heterocycles. The van der Waals surface area contributed by atoms with Crippen LogP contribution >= 0.6 is 11.3 Å². The van der Waals surface area contributed by atoms with Crippen LogP contribution < -0.4 is 11.1 Å². The molecule has 166 valence electrons. The van der Waals surface area contributed by atoms with E-state index in [4.69, 9.17) is 15.2 Å². The largest absolute Gasteiger partial charge is 0.442 e. The summed E-state index contributed by atoms with van der Waals surface area (Å²) in [5, 5.41) is 2.89. The summed E-state index contributed by atoms with van der Waals surface area (Å²) in [6, 6.07) is 19.5. The zero-order valence-corrected chi connectivity index (χ0v) is 18.2. The van der Waals surface area contributed by atoms with E-state index < -0.39 is 24.4 Å². The smallest absolute Gasteiger partial charge is 0.407 e. The Kier molecular flexibility index (Phi) is 7.01. The van der Waals surface area contributed by atoms with E-state index in [1.165, 1.54) is 11.3 Å². The highest BCUT2D eigenvalue weighted by Gasteiger charge is 2.40. The number of thiazole rings is 1. The van der Waals surface area contributed by atoms with Gasteiger partial charge in [-0.15, -0.1) is 11.3 Å². The van der Waals surface area contributed by atoms with Gasteiger partial charge in [0.15, 0.2) is 0 Å². The molecule has 4 rings (SSSR count). The summed E-state index contributed by atoms with van der Waals surface area (Å²) in [5.74, 6) is -0.252. The Labute approximate surface area is 190 Å². The lowest BCUT2D eigenvalue weighted by Crippen LogP contribution is -2.52.